The molecule has 0 saturated carbocycles. The van der Waals surface area contributed by atoms with E-state index in [1.165, 1.54) is 12.1 Å². The number of benzene rings is 3. The molecule has 0 saturated heterocycles. The molecular weight excluding hydrogens is 239 g/mol. The molecule has 3 aromatic rings. The summed E-state index contributed by atoms with van der Waals surface area (Å²) in [5, 5.41) is 2.27. The summed E-state index contributed by atoms with van der Waals surface area (Å²) < 4.78 is 18.2. The van der Waals surface area contributed by atoms with Crippen LogP contribution in [0.1, 0.15) is 0 Å². The van der Waals surface area contributed by atoms with Gasteiger partial charge in [0, 0.05) is 0 Å². The molecule has 0 aromatic heterocycles. The molecule has 0 radical (unpaired) electrons. The van der Waals surface area contributed by atoms with E-state index < -0.39 is 0 Å². The summed E-state index contributed by atoms with van der Waals surface area (Å²) in [6.45, 7) is 0. The van der Waals surface area contributed by atoms with Crippen LogP contribution in [0.4, 0.5) is 4.39 Å². The Hall–Kier alpha value is -2.35. The van der Waals surface area contributed by atoms with Crippen LogP contribution in [0.2, 0.25) is 0 Å². The topological polar surface area (TPSA) is 9.23 Å². The zero-order valence-corrected chi connectivity index (χ0v) is 10.6. The van der Waals surface area contributed by atoms with Crippen molar-refractivity contribution in [3.05, 3.63) is 66.5 Å². The predicted octanol–water partition coefficient (Wildman–Crippen LogP) is 4.65. The van der Waals surface area contributed by atoms with Crippen LogP contribution in [0.3, 0.4) is 0 Å². The van der Waals surface area contributed by atoms with E-state index in [0.29, 0.717) is 0 Å². The van der Waals surface area contributed by atoms with Gasteiger partial charge in [-0.25, -0.2) is 4.39 Å². The van der Waals surface area contributed by atoms with Crippen molar-refractivity contribution in [2.75, 3.05) is 7.11 Å². The Bertz CT molecular complexity index is 717. The van der Waals surface area contributed by atoms with Gasteiger partial charge in [-0.2, -0.15) is 0 Å². The molecule has 0 atom stereocenters. The lowest BCUT2D eigenvalue weighted by Gasteiger charge is -2.06. The molecule has 0 aliphatic heterocycles. The van der Waals surface area contributed by atoms with Crippen molar-refractivity contribution in [1.29, 1.82) is 0 Å². The van der Waals surface area contributed by atoms with Crippen molar-refractivity contribution in [3.63, 3.8) is 0 Å². The van der Waals surface area contributed by atoms with E-state index in [1.807, 2.05) is 24.3 Å². The number of hydrogen-bond donors (Lipinski definition) is 0. The normalized spacial score (nSPS) is 10.6. The van der Waals surface area contributed by atoms with E-state index in [2.05, 4.69) is 12.1 Å². The molecule has 94 valence electrons. The van der Waals surface area contributed by atoms with Gasteiger partial charge in [-0.3, -0.25) is 0 Å². The van der Waals surface area contributed by atoms with Gasteiger partial charge in [0.15, 0.2) is 0 Å². The van der Waals surface area contributed by atoms with Gasteiger partial charge >= 0.3 is 0 Å². The second-order valence-electron chi connectivity index (χ2n) is 4.43. The largest absolute Gasteiger partial charge is 0.497 e. The molecule has 0 amide bonds. The summed E-state index contributed by atoms with van der Waals surface area (Å²) >= 11 is 0. The zero-order chi connectivity index (χ0) is 13.2. The fraction of sp³-hybridized carbons (Fsp3) is 0.0588. The van der Waals surface area contributed by atoms with Crippen molar-refractivity contribution in [2.45, 2.75) is 0 Å². The Morgan fingerprint density at radius 3 is 2.16 bits per heavy atom. The molecule has 0 unspecified atom stereocenters. The Morgan fingerprint density at radius 2 is 1.42 bits per heavy atom. The van der Waals surface area contributed by atoms with Crippen LogP contribution in [0.5, 0.6) is 5.75 Å². The Morgan fingerprint density at radius 1 is 0.737 bits per heavy atom. The molecule has 3 aromatic carbocycles. The van der Waals surface area contributed by atoms with Crippen molar-refractivity contribution in [3.8, 4) is 16.9 Å². The maximum Gasteiger partial charge on any atom is 0.123 e. The SMILES string of the molecule is COc1ccc2ccc(-c3ccc(F)cc3)cc2c1. The van der Waals surface area contributed by atoms with Crippen molar-refractivity contribution < 1.29 is 9.13 Å². The minimum Gasteiger partial charge on any atom is -0.497 e. The van der Waals surface area contributed by atoms with Gasteiger partial charge in [-0.15, -0.1) is 0 Å². The number of rotatable bonds is 2. The highest BCUT2D eigenvalue weighted by Gasteiger charge is 2.01. The van der Waals surface area contributed by atoms with Gasteiger partial charge in [0.2, 0.25) is 0 Å². The quantitative estimate of drug-likeness (QED) is 0.644. The van der Waals surface area contributed by atoms with Crippen LogP contribution in [-0.2, 0) is 0 Å². The predicted molar refractivity (Wildman–Crippen MR) is 75.9 cm³/mol. The first-order chi connectivity index (χ1) is 9.26. The van der Waals surface area contributed by atoms with E-state index in [9.17, 15) is 4.39 Å². The molecule has 0 fully saturated rings. The Kier molecular flexibility index (Phi) is 2.92. The highest BCUT2D eigenvalue weighted by atomic mass is 19.1. The maximum absolute atomic E-state index is 12.9. The molecule has 1 nitrogen and oxygen atoms in total. The molecule has 0 aliphatic rings. The summed E-state index contributed by atoms with van der Waals surface area (Å²) in [5.41, 5.74) is 2.08. The average molecular weight is 252 g/mol. The number of ether oxygens (including phenoxy) is 1. The lowest BCUT2D eigenvalue weighted by atomic mass is 10.0. The van der Waals surface area contributed by atoms with Crippen LogP contribution in [0, 0.1) is 5.82 Å². The summed E-state index contributed by atoms with van der Waals surface area (Å²) in [7, 11) is 1.66. The molecule has 0 aliphatic carbocycles. The first-order valence-corrected chi connectivity index (χ1v) is 6.10. The minimum atomic E-state index is -0.216. The molecule has 0 N–H and O–H groups in total. The summed E-state index contributed by atoms with van der Waals surface area (Å²) in [5.74, 6) is 0.620. The fourth-order valence-electron chi connectivity index (χ4n) is 2.17. The maximum atomic E-state index is 12.9. The van der Waals surface area contributed by atoms with Gasteiger partial charge in [0.05, 0.1) is 7.11 Å². The van der Waals surface area contributed by atoms with Gasteiger partial charge < -0.3 is 4.74 Å². The van der Waals surface area contributed by atoms with E-state index in [4.69, 9.17) is 4.74 Å². The third-order valence-electron chi connectivity index (χ3n) is 3.22. The van der Waals surface area contributed by atoms with Gasteiger partial charge in [-0.1, -0.05) is 30.3 Å². The molecular formula is C17H13FO. The number of halogens is 1. The first kappa shape index (κ1) is 11.7. The van der Waals surface area contributed by atoms with Crippen molar-refractivity contribution >= 4 is 10.8 Å². The summed E-state index contributed by atoms with van der Waals surface area (Å²) in [4.78, 5) is 0. The molecule has 0 spiro atoms. The number of fused-ring (bicyclic) bond motifs is 1. The second kappa shape index (κ2) is 4.73. The molecule has 0 heterocycles. The highest BCUT2D eigenvalue weighted by molar-refractivity contribution is 5.88. The zero-order valence-electron chi connectivity index (χ0n) is 10.6. The lowest BCUT2D eigenvalue weighted by molar-refractivity contribution is 0.415. The van der Waals surface area contributed by atoms with Gasteiger partial charge in [-0.05, 0) is 52.2 Å². The smallest absolute Gasteiger partial charge is 0.123 e. The lowest BCUT2D eigenvalue weighted by Crippen LogP contribution is -1.83. The van der Waals surface area contributed by atoms with Crippen LogP contribution in [0.25, 0.3) is 21.9 Å². The third kappa shape index (κ3) is 2.29. The standard InChI is InChI=1S/C17H13FO/c1-19-17-9-6-13-2-3-14(10-15(13)11-17)12-4-7-16(18)8-5-12/h2-11H,1H3. The van der Waals surface area contributed by atoms with Crippen LogP contribution in [-0.4, -0.2) is 7.11 Å². The second-order valence-corrected chi connectivity index (χ2v) is 4.43. The van der Waals surface area contributed by atoms with Gasteiger partial charge in [0.1, 0.15) is 11.6 Å². The average Bonchev–Trinajstić information content (AvgIpc) is 2.47. The molecule has 3 rings (SSSR count). The number of hydrogen-bond acceptors (Lipinski definition) is 1. The molecule has 0 bridgehead atoms. The van der Waals surface area contributed by atoms with E-state index >= 15 is 0 Å². The fourth-order valence-corrected chi connectivity index (χ4v) is 2.17. The Balaban J connectivity index is 2.12. The highest BCUT2D eigenvalue weighted by Crippen LogP contribution is 2.27. The van der Waals surface area contributed by atoms with E-state index in [0.717, 1.165) is 27.6 Å². The summed E-state index contributed by atoms with van der Waals surface area (Å²) in [6.07, 6.45) is 0. The number of methoxy groups -OCH3 is 1. The first-order valence-electron chi connectivity index (χ1n) is 6.10. The van der Waals surface area contributed by atoms with Gasteiger partial charge in [0.25, 0.3) is 0 Å². The van der Waals surface area contributed by atoms with Crippen LogP contribution in [0.15, 0.2) is 60.7 Å². The van der Waals surface area contributed by atoms with Crippen LogP contribution >= 0.6 is 0 Å². The van der Waals surface area contributed by atoms with E-state index in [1.54, 1.807) is 19.2 Å². The van der Waals surface area contributed by atoms with Crippen molar-refractivity contribution in [1.82, 2.24) is 0 Å². The Labute approximate surface area is 111 Å². The molecule has 19 heavy (non-hydrogen) atoms. The molecule has 2 heteroatoms. The van der Waals surface area contributed by atoms with E-state index in [-0.39, 0.29) is 5.82 Å². The minimum absolute atomic E-state index is 0.216. The van der Waals surface area contributed by atoms with Crippen molar-refractivity contribution in [2.24, 2.45) is 0 Å². The summed E-state index contributed by atoms with van der Waals surface area (Å²) in [6, 6.07) is 18.7. The van der Waals surface area contributed by atoms with Crippen LogP contribution < -0.4 is 4.74 Å². The monoisotopic (exact) mass is 252 g/mol. The third-order valence-corrected chi connectivity index (χ3v) is 3.22.